The number of H-pyrrole nitrogens is 1. The van der Waals surface area contributed by atoms with Crippen molar-refractivity contribution in [2.45, 2.75) is 0 Å². The first-order valence-corrected chi connectivity index (χ1v) is 4.28. The van der Waals surface area contributed by atoms with Crippen LogP contribution in [0.5, 0.6) is 0 Å². The molecule has 2 aromatic rings. The Hall–Kier alpha value is -1.55. The van der Waals surface area contributed by atoms with E-state index in [9.17, 15) is 9.18 Å². The topological polar surface area (TPSA) is 37.8 Å². The maximum atomic E-state index is 13.3. The van der Waals surface area contributed by atoms with Crippen molar-refractivity contribution in [3.8, 4) is 5.69 Å². The summed E-state index contributed by atoms with van der Waals surface area (Å²) >= 11 is 5.69. The monoisotopic (exact) mass is 212 g/mol. The number of hydrogen-bond donors (Lipinski definition) is 1. The minimum absolute atomic E-state index is 0.142. The van der Waals surface area contributed by atoms with Crippen LogP contribution in [-0.2, 0) is 0 Å². The summed E-state index contributed by atoms with van der Waals surface area (Å²) in [5.74, 6) is -0.490. The Morgan fingerprint density at radius 2 is 2.21 bits per heavy atom. The number of hydrogen-bond acceptors (Lipinski definition) is 1. The van der Waals surface area contributed by atoms with Gasteiger partial charge in [0, 0.05) is 17.4 Å². The summed E-state index contributed by atoms with van der Waals surface area (Å²) < 4.78 is 14.4. The number of imidazole rings is 1. The van der Waals surface area contributed by atoms with Crippen LogP contribution in [0.1, 0.15) is 0 Å². The number of halogens is 2. The van der Waals surface area contributed by atoms with Crippen molar-refractivity contribution >= 4 is 11.6 Å². The molecule has 0 fully saturated rings. The van der Waals surface area contributed by atoms with Gasteiger partial charge in [0.2, 0.25) is 0 Å². The molecule has 72 valence electrons. The van der Waals surface area contributed by atoms with Crippen LogP contribution in [0.4, 0.5) is 4.39 Å². The molecule has 1 heterocycles. The van der Waals surface area contributed by atoms with Crippen molar-refractivity contribution in [1.29, 1.82) is 0 Å². The molecule has 0 saturated heterocycles. The lowest BCUT2D eigenvalue weighted by Gasteiger charge is -2.02. The minimum Gasteiger partial charge on any atom is -0.312 e. The molecule has 5 heteroatoms. The summed E-state index contributed by atoms with van der Waals surface area (Å²) in [6.07, 6.45) is 2.87. The average Bonchev–Trinajstić information content (AvgIpc) is 2.56. The Balaban J connectivity index is 2.68. The van der Waals surface area contributed by atoms with Crippen molar-refractivity contribution in [2.24, 2.45) is 0 Å². The number of nitrogens with zero attached hydrogens (tertiary/aromatic N) is 1. The molecular formula is C9H6ClFN2O. The summed E-state index contributed by atoms with van der Waals surface area (Å²) in [7, 11) is 0. The van der Waals surface area contributed by atoms with Gasteiger partial charge in [0.05, 0.1) is 5.69 Å². The molecule has 3 nitrogen and oxygen atoms in total. The molecule has 1 aromatic heterocycles. The van der Waals surface area contributed by atoms with Crippen molar-refractivity contribution in [3.63, 3.8) is 0 Å². The van der Waals surface area contributed by atoms with Gasteiger partial charge in [0.1, 0.15) is 5.82 Å². The van der Waals surface area contributed by atoms with Crippen LogP contribution in [0, 0.1) is 5.82 Å². The van der Waals surface area contributed by atoms with Gasteiger partial charge in [-0.15, -0.1) is 0 Å². The molecule has 0 radical (unpaired) electrons. The fourth-order valence-corrected chi connectivity index (χ4v) is 1.35. The zero-order chi connectivity index (χ0) is 10.1. The Bertz CT molecular complexity index is 518. The van der Waals surface area contributed by atoms with E-state index in [1.165, 1.54) is 30.6 Å². The molecule has 0 aliphatic carbocycles. The Morgan fingerprint density at radius 3 is 2.86 bits per heavy atom. The summed E-state index contributed by atoms with van der Waals surface area (Å²) in [6.45, 7) is 0. The van der Waals surface area contributed by atoms with Crippen LogP contribution < -0.4 is 5.69 Å². The number of aromatic amines is 1. The molecule has 0 amide bonds. The minimum atomic E-state index is -0.490. The van der Waals surface area contributed by atoms with Gasteiger partial charge in [0.25, 0.3) is 0 Å². The fraction of sp³-hybridized carbons (Fsp3) is 0. The second-order valence-corrected chi connectivity index (χ2v) is 3.17. The van der Waals surface area contributed by atoms with Gasteiger partial charge in [-0.3, -0.25) is 4.57 Å². The van der Waals surface area contributed by atoms with Crippen LogP contribution in [0.25, 0.3) is 5.69 Å². The average molecular weight is 213 g/mol. The maximum Gasteiger partial charge on any atom is 0.330 e. The number of rotatable bonds is 1. The van der Waals surface area contributed by atoms with E-state index in [0.29, 0.717) is 5.02 Å². The van der Waals surface area contributed by atoms with Crippen LogP contribution >= 0.6 is 11.6 Å². The third kappa shape index (κ3) is 1.44. The van der Waals surface area contributed by atoms with Gasteiger partial charge in [-0.2, -0.15) is 0 Å². The number of benzene rings is 1. The molecule has 2 rings (SSSR count). The Labute approximate surface area is 83.8 Å². The highest BCUT2D eigenvalue weighted by atomic mass is 35.5. The molecule has 0 aliphatic rings. The van der Waals surface area contributed by atoms with Crippen molar-refractivity contribution in [1.82, 2.24) is 9.55 Å². The second kappa shape index (κ2) is 3.31. The lowest BCUT2D eigenvalue weighted by molar-refractivity contribution is 0.616. The fourth-order valence-electron chi connectivity index (χ4n) is 1.18. The second-order valence-electron chi connectivity index (χ2n) is 2.73. The van der Waals surface area contributed by atoms with Crippen LogP contribution in [0.15, 0.2) is 35.4 Å². The van der Waals surface area contributed by atoms with E-state index in [1.54, 1.807) is 0 Å². The van der Waals surface area contributed by atoms with Gasteiger partial charge in [-0.25, -0.2) is 9.18 Å². The molecule has 0 unspecified atom stereocenters. The highest BCUT2D eigenvalue weighted by Gasteiger charge is 2.06. The van der Waals surface area contributed by atoms with Gasteiger partial charge in [-0.1, -0.05) is 11.6 Å². The van der Waals surface area contributed by atoms with Crippen molar-refractivity contribution in [3.05, 3.63) is 51.9 Å². The molecule has 0 atom stereocenters. The van der Waals surface area contributed by atoms with E-state index in [-0.39, 0.29) is 5.69 Å². The lowest BCUT2D eigenvalue weighted by atomic mass is 10.3. The smallest absolute Gasteiger partial charge is 0.312 e. The van der Waals surface area contributed by atoms with Gasteiger partial charge < -0.3 is 4.98 Å². The normalized spacial score (nSPS) is 10.4. The van der Waals surface area contributed by atoms with E-state index in [1.807, 2.05) is 0 Å². The van der Waals surface area contributed by atoms with Crippen molar-refractivity contribution < 1.29 is 4.39 Å². The Kier molecular flexibility index (Phi) is 2.13. The largest absolute Gasteiger partial charge is 0.330 e. The molecule has 0 saturated carbocycles. The van der Waals surface area contributed by atoms with Crippen LogP contribution in [0.2, 0.25) is 5.02 Å². The van der Waals surface area contributed by atoms with E-state index in [4.69, 9.17) is 11.6 Å². The van der Waals surface area contributed by atoms with E-state index >= 15 is 0 Å². The first kappa shape index (κ1) is 9.02. The summed E-state index contributed by atoms with van der Waals surface area (Å²) in [5, 5.41) is 0.384. The first-order chi connectivity index (χ1) is 6.68. The highest BCUT2D eigenvalue weighted by Crippen LogP contribution is 2.17. The zero-order valence-electron chi connectivity index (χ0n) is 7.00. The van der Waals surface area contributed by atoms with Crippen LogP contribution in [-0.4, -0.2) is 9.55 Å². The highest BCUT2D eigenvalue weighted by molar-refractivity contribution is 6.30. The lowest BCUT2D eigenvalue weighted by Crippen LogP contribution is -2.15. The third-order valence-electron chi connectivity index (χ3n) is 1.82. The van der Waals surface area contributed by atoms with Gasteiger partial charge >= 0.3 is 5.69 Å². The van der Waals surface area contributed by atoms with E-state index in [0.717, 1.165) is 4.57 Å². The molecule has 14 heavy (non-hydrogen) atoms. The Morgan fingerprint density at radius 1 is 1.43 bits per heavy atom. The standard InChI is InChI=1S/C9H6ClFN2O/c10-6-1-2-7(11)8(5-6)13-4-3-12-9(13)14/h1-5H,(H,12,14). The number of aromatic nitrogens is 2. The number of nitrogens with one attached hydrogen (secondary N) is 1. The van der Waals surface area contributed by atoms with Gasteiger partial charge in [0.15, 0.2) is 0 Å². The molecule has 0 bridgehead atoms. The zero-order valence-corrected chi connectivity index (χ0v) is 7.75. The summed E-state index contributed by atoms with van der Waals surface area (Å²) in [4.78, 5) is 13.6. The molecule has 0 spiro atoms. The summed E-state index contributed by atoms with van der Waals surface area (Å²) in [6, 6.07) is 4.04. The van der Waals surface area contributed by atoms with Crippen molar-refractivity contribution in [2.75, 3.05) is 0 Å². The molecule has 1 N–H and O–H groups in total. The quantitative estimate of drug-likeness (QED) is 0.771. The molecule has 1 aromatic carbocycles. The van der Waals surface area contributed by atoms with Gasteiger partial charge in [-0.05, 0) is 18.2 Å². The van der Waals surface area contributed by atoms with E-state index in [2.05, 4.69) is 4.98 Å². The third-order valence-corrected chi connectivity index (χ3v) is 2.05. The summed E-state index contributed by atoms with van der Waals surface area (Å²) in [5.41, 5.74) is -0.255. The first-order valence-electron chi connectivity index (χ1n) is 3.90. The predicted molar refractivity (Wildman–Crippen MR) is 51.4 cm³/mol. The molecular weight excluding hydrogens is 207 g/mol. The molecule has 0 aliphatic heterocycles. The van der Waals surface area contributed by atoms with E-state index < -0.39 is 11.5 Å². The maximum absolute atomic E-state index is 13.3. The predicted octanol–water partition coefficient (Wildman–Crippen LogP) is 1.96. The van der Waals surface area contributed by atoms with Crippen LogP contribution in [0.3, 0.4) is 0 Å². The SMILES string of the molecule is O=c1[nH]ccn1-c1cc(Cl)ccc1F.